The van der Waals surface area contributed by atoms with E-state index in [4.69, 9.17) is 5.11 Å². The number of carboxylic acid groups (broad SMARTS) is 1. The Morgan fingerprint density at radius 3 is 1.58 bits per heavy atom. The van der Waals surface area contributed by atoms with E-state index in [0.717, 1.165) is 0 Å². The molecule has 0 unspecified atom stereocenters. The number of carboxylic acids is 1. The molecule has 0 saturated heterocycles. The maximum Gasteiger partial charge on any atom is 0.308 e. The van der Waals surface area contributed by atoms with Crippen molar-refractivity contribution in [2.24, 2.45) is 5.41 Å². The average molecular weight is 223 g/mol. The predicted molar refractivity (Wildman–Crippen MR) is 46.3 cm³/mol. The molecule has 3 heteroatoms. The second kappa shape index (κ2) is 8.93. The van der Waals surface area contributed by atoms with Gasteiger partial charge >= 0.3 is 5.97 Å². The van der Waals surface area contributed by atoms with Crippen LogP contribution < -0.4 is 0 Å². The summed E-state index contributed by atoms with van der Waals surface area (Å²) >= 11 is 0. The standard InChI is InChI=1S/C5H10O2.C4H7.Zn/c1-5(2,3)4(6)7;1-3-4-2;/h1-3H3,(H,6,7);3H,1-2H3;/q;-1;. The summed E-state index contributed by atoms with van der Waals surface area (Å²) in [4.78, 5) is 10.0. The monoisotopic (exact) mass is 221 g/mol. The first kappa shape index (κ1) is 17.8. The van der Waals surface area contributed by atoms with Crippen LogP contribution >= 0.6 is 0 Å². The Morgan fingerprint density at radius 1 is 1.42 bits per heavy atom. The number of hydrogen-bond donors (Lipinski definition) is 1. The van der Waals surface area contributed by atoms with Gasteiger partial charge in [0.15, 0.2) is 0 Å². The van der Waals surface area contributed by atoms with Crippen LogP contribution in [0, 0.1) is 11.5 Å². The van der Waals surface area contributed by atoms with E-state index in [1.54, 1.807) is 20.8 Å². The van der Waals surface area contributed by atoms with Crippen LogP contribution in [-0.4, -0.2) is 11.1 Å². The molecule has 2 nitrogen and oxygen atoms in total. The van der Waals surface area contributed by atoms with Crippen LogP contribution in [0.3, 0.4) is 0 Å². The molecule has 12 heavy (non-hydrogen) atoms. The van der Waals surface area contributed by atoms with Crippen molar-refractivity contribution in [3.05, 3.63) is 12.2 Å². The van der Waals surface area contributed by atoms with Gasteiger partial charge in [-0.05, 0) is 20.8 Å². The van der Waals surface area contributed by atoms with Gasteiger partial charge in [0.25, 0.3) is 0 Å². The SMILES string of the molecule is CC(C)(C)C(=O)O.C[C-]=CC.[Zn]. The molecule has 1 N–H and O–H groups in total. The van der Waals surface area contributed by atoms with Crippen molar-refractivity contribution in [2.75, 3.05) is 0 Å². The van der Waals surface area contributed by atoms with E-state index in [2.05, 4.69) is 6.08 Å². The van der Waals surface area contributed by atoms with E-state index in [0.29, 0.717) is 0 Å². The van der Waals surface area contributed by atoms with Crippen molar-refractivity contribution >= 4 is 5.97 Å². The number of allylic oxidation sites excluding steroid dienone is 2. The van der Waals surface area contributed by atoms with Gasteiger partial charge in [0.05, 0.1) is 5.41 Å². The summed E-state index contributed by atoms with van der Waals surface area (Å²) in [6, 6.07) is 0. The topological polar surface area (TPSA) is 37.3 Å². The summed E-state index contributed by atoms with van der Waals surface area (Å²) in [5, 5.41) is 8.25. The summed E-state index contributed by atoms with van der Waals surface area (Å²) in [7, 11) is 0. The summed E-state index contributed by atoms with van der Waals surface area (Å²) < 4.78 is 0. The van der Waals surface area contributed by atoms with Crippen molar-refractivity contribution in [3.8, 4) is 0 Å². The summed E-state index contributed by atoms with van der Waals surface area (Å²) in [5.74, 6) is -0.757. The van der Waals surface area contributed by atoms with Crippen molar-refractivity contribution in [2.45, 2.75) is 34.6 Å². The van der Waals surface area contributed by atoms with E-state index < -0.39 is 11.4 Å². The van der Waals surface area contributed by atoms with Crippen LogP contribution in [0.2, 0.25) is 0 Å². The third kappa shape index (κ3) is 16.4. The molecule has 0 saturated carbocycles. The second-order valence-electron chi connectivity index (χ2n) is 3.13. The molecular formula is C9H17O2Zn-. The number of rotatable bonds is 0. The van der Waals surface area contributed by atoms with Gasteiger partial charge in [0.1, 0.15) is 0 Å². The molecule has 0 amide bonds. The zero-order valence-corrected chi connectivity index (χ0v) is 11.6. The normalized spacial score (nSPS) is 9.75. The molecule has 0 aromatic rings. The van der Waals surface area contributed by atoms with Crippen LogP contribution in [0.15, 0.2) is 6.08 Å². The fourth-order valence-corrected chi connectivity index (χ4v) is 0. The number of aliphatic carboxylic acids is 1. The van der Waals surface area contributed by atoms with Gasteiger partial charge in [-0.15, -0.1) is 0 Å². The minimum Gasteiger partial charge on any atom is -0.504 e. The molecule has 0 atom stereocenters. The Hall–Kier alpha value is -0.167. The fourth-order valence-electron chi connectivity index (χ4n) is 0. The molecule has 0 bridgehead atoms. The van der Waals surface area contributed by atoms with E-state index in [9.17, 15) is 4.79 Å². The van der Waals surface area contributed by atoms with Gasteiger partial charge in [0, 0.05) is 19.5 Å². The Bertz CT molecular complexity index is 130. The van der Waals surface area contributed by atoms with Crippen molar-refractivity contribution < 1.29 is 29.4 Å². The molecule has 0 spiro atoms. The molecule has 0 radical (unpaired) electrons. The first-order valence-corrected chi connectivity index (χ1v) is 3.54. The first-order chi connectivity index (χ1) is 4.86. The van der Waals surface area contributed by atoms with Gasteiger partial charge in [-0.2, -0.15) is 6.92 Å². The molecule has 0 aliphatic rings. The predicted octanol–water partition coefficient (Wildman–Crippen LogP) is 2.50. The molecule has 0 heterocycles. The van der Waals surface area contributed by atoms with Gasteiger partial charge < -0.3 is 11.2 Å². The Kier molecular flexibility index (Phi) is 13.2. The largest absolute Gasteiger partial charge is 0.504 e. The van der Waals surface area contributed by atoms with Crippen molar-refractivity contribution in [1.29, 1.82) is 0 Å². The summed E-state index contributed by atoms with van der Waals surface area (Å²) in [6.07, 6.45) is 4.68. The fraction of sp³-hybridized carbons (Fsp3) is 0.667. The molecule has 0 aliphatic heterocycles. The van der Waals surface area contributed by atoms with Crippen LogP contribution in [0.4, 0.5) is 0 Å². The Labute approximate surface area is 87.8 Å². The van der Waals surface area contributed by atoms with Crippen molar-refractivity contribution in [1.82, 2.24) is 0 Å². The first-order valence-electron chi connectivity index (χ1n) is 3.54. The van der Waals surface area contributed by atoms with Gasteiger partial charge in [-0.25, -0.2) is 0 Å². The Morgan fingerprint density at radius 2 is 1.58 bits per heavy atom. The maximum atomic E-state index is 10.0. The van der Waals surface area contributed by atoms with Crippen LogP contribution in [0.5, 0.6) is 0 Å². The third-order valence-corrected chi connectivity index (χ3v) is 0.930. The maximum absolute atomic E-state index is 10.0. The smallest absolute Gasteiger partial charge is 0.308 e. The molecule has 0 aromatic carbocycles. The molecule has 0 aromatic heterocycles. The zero-order valence-electron chi connectivity index (χ0n) is 8.64. The van der Waals surface area contributed by atoms with Crippen LogP contribution in [-0.2, 0) is 24.3 Å². The van der Waals surface area contributed by atoms with Gasteiger partial charge in [-0.1, -0.05) is 6.92 Å². The minimum absolute atomic E-state index is 0. The van der Waals surface area contributed by atoms with E-state index in [1.165, 1.54) is 0 Å². The van der Waals surface area contributed by atoms with Crippen molar-refractivity contribution in [3.63, 3.8) is 0 Å². The van der Waals surface area contributed by atoms with E-state index in [1.807, 2.05) is 19.9 Å². The van der Waals surface area contributed by atoms with Gasteiger partial charge in [-0.3, -0.25) is 10.9 Å². The molecular weight excluding hydrogens is 205 g/mol. The summed E-state index contributed by atoms with van der Waals surface area (Å²) in [6.45, 7) is 8.81. The minimum atomic E-state index is -0.757. The van der Waals surface area contributed by atoms with Crippen LogP contribution in [0.1, 0.15) is 34.6 Å². The zero-order chi connectivity index (χ0) is 9.49. The average Bonchev–Trinajstić information content (AvgIpc) is 1.87. The molecule has 0 aliphatic carbocycles. The van der Waals surface area contributed by atoms with E-state index >= 15 is 0 Å². The molecule has 0 rings (SSSR count). The van der Waals surface area contributed by atoms with Gasteiger partial charge in [0.2, 0.25) is 0 Å². The number of carbonyl (C=O) groups is 1. The number of hydrogen-bond acceptors (Lipinski definition) is 1. The van der Waals surface area contributed by atoms with E-state index in [-0.39, 0.29) is 19.5 Å². The van der Waals surface area contributed by atoms with Crippen LogP contribution in [0.25, 0.3) is 0 Å². The quantitative estimate of drug-likeness (QED) is 0.505. The molecule has 68 valence electrons. The third-order valence-electron chi connectivity index (χ3n) is 0.930. The Balaban J connectivity index is -0.000000142. The molecule has 0 fully saturated rings. The summed E-state index contributed by atoms with van der Waals surface area (Å²) in [5.41, 5.74) is -0.583. The second-order valence-corrected chi connectivity index (χ2v) is 3.13.